The summed E-state index contributed by atoms with van der Waals surface area (Å²) in [7, 11) is 0. The van der Waals surface area contributed by atoms with Crippen LogP contribution in [0.25, 0.3) is 0 Å². The molecule has 0 bridgehead atoms. The lowest BCUT2D eigenvalue weighted by Crippen LogP contribution is -2.68. The lowest BCUT2D eigenvalue weighted by atomic mass is 9.73. The third-order valence-corrected chi connectivity index (χ3v) is 4.32. The van der Waals surface area contributed by atoms with Crippen LogP contribution in [0.5, 0.6) is 0 Å². The van der Waals surface area contributed by atoms with E-state index in [9.17, 15) is 0 Å². The summed E-state index contributed by atoms with van der Waals surface area (Å²) in [4.78, 5) is 2.54. The van der Waals surface area contributed by atoms with Crippen LogP contribution in [-0.4, -0.2) is 36.3 Å². The van der Waals surface area contributed by atoms with Crippen LogP contribution >= 0.6 is 0 Å². The molecule has 0 saturated carbocycles. The first-order chi connectivity index (χ1) is 8.35. The summed E-state index contributed by atoms with van der Waals surface area (Å²) in [6.07, 6.45) is 2.83. The van der Waals surface area contributed by atoms with Crippen molar-refractivity contribution in [3.8, 4) is 0 Å². The van der Waals surface area contributed by atoms with E-state index in [4.69, 9.17) is 5.41 Å². The molecule has 17 heavy (non-hydrogen) atoms. The molecule has 2 N–H and O–H groups in total. The van der Waals surface area contributed by atoms with Crippen molar-refractivity contribution in [1.82, 2.24) is 10.2 Å². The summed E-state index contributed by atoms with van der Waals surface area (Å²) in [5.41, 5.74) is 1.61. The van der Waals surface area contributed by atoms with E-state index in [1.807, 2.05) is 0 Å². The molecule has 90 valence electrons. The monoisotopic (exact) mass is 229 g/mol. The summed E-state index contributed by atoms with van der Waals surface area (Å²) in [5, 5.41) is 11.0. The Bertz CT molecular complexity index is 395. The van der Waals surface area contributed by atoms with Crippen molar-refractivity contribution in [3.05, 3.63) is 35.9 Å². The van der Waals surface area contributed by atoms with E-state index in [1.54, 1.807) is 6.21 Å². The molecule has 3 heteroatoms. The molecule has 2 fully saturated rings. The Balaban J connectivity index is 1.75. The topological polar surface area (TPSA) is 39.1 Å². The van der Waals surface area contributed by atoms with Crippen LogP contribution in [0, 0.1) is 11.3 Å². The maximum absolute atomic E-state index is 7.54. The molecule has 2 saturated heterocycles. The molecule has 3 nitrogen and oxygen atoms in total. The van der Waals surface area contributed by atoms with Gasteiger partial charge in [-0.3, -0.25) is 4.90 Å². The van der Waals surface area contributed by atoms with E-state index >= 15 is 0 Å². The van der Waals surface area contributed by atoms with Gasteiger partial charge in [0.15, 0.2) is 0 Å². The van der Waals surface area contributed by atoms with Crippen molar-refractivity contribution in [2.45, 2.75) is 18.5 Å². The summed E-state index contributed by atoms with van der Waals surface area (Å²) < 4.78 is 0. The molecule has 2 heterocycles. The van der Waals surface area contributed by atoms with Gasteiger partial charge < -0.3 is 10.7 Å². The quantitative estimate of drug-likeness (QED) is 0.771. The molecule has 3 rings (SSSR count). The third kappa shape index (κ3) is 1.70. The van der Waals surface area contributed by atoms with Gasteiger partial charge >= 0.3 is 0 Å². The van der Waals surface area contributed by atoms with Crippen molar-refractivity contribution in [2.24, 2.45) is 5.92 Å². The zero-order valence-corrected chi connectivity index (χ0v) is 10.0. The Labute approximate surface area is 102 Å². The van der Waals surface area contributed by atoms with E-state index in [1.165, 1.54) is 12.0 Å². The standard InChI is InChI=1S/C14H19N3/c15-8-13-10-17(14(13)6-7-16-11-14)9-12-4-2-1-3-5-12/h1-5,8,13,15-16H,6-7,9-11H2/t13-,14-/m0/s1. The smallest absolute Gasteiger partial charge is 0.0439 e. The second-order valence-corrected chi connectivity index (χ2v) is 5.17. The highest BCUT2D eigenvalue weighted by Crippen LogP contribution is 2.41. The molecular weight excluding hydrogens is 210 g/mol. The average molecular weight is 229 g/mol. The molecular formula is C14H19N3. The van der Waals surface area contributed by atoms with Crippen molar-refractivity contribution < 1.29 is 0 Å². The fourth-order valence-electron chi connectivity index (χ4n) is 3.23. The number of nitrogens with zero attached hydrogens (tertiary/aromatic N) is 1. The Hall–Kier alpha value is -1.19. The highest BCUT2D eigenvalue weighted by Gasteiger charge is 2.53. The van der Waals surface area contributed by atoms with Gasteiger partial charge in [0.25, 0.3) is 0 Å². The SMILES string of the molecule is N=C[C@H]1CN(Cc2ccccc2)[C@]12CCNC2. The van der Waals surface area contributed by atoms with Crippen LogP contribution in [-0.2, 0) is 6.54 Å². The van der Waals surface area contributed by atoms with E-state index in [0.717, 1.165) is 26.2 Å². The Morgan fingerprint density at radius 3 is 2.88 bits per heavy atom. The molecule has 0 unspecified atom stereocenters. The molecule has 1 spiro atoms. The molecule has 1 aromatic carbocycles. The van der Waals surface area contributed by atoms with Crippen LogP contribution in [0.3, 0.4) is 0 Å². The van der Waals surface area contributed by atoms with Crippen LogP contribution in [0.1, 0.15) is 12.0 Å². The van der Waals surface area contributed by atoms with Gasteiger partial charge in [0, 0.05) is 37.3 Å². The molecule has 0 amide bonds. The van der Waals surface area contributed by atoms with Gasteiger partial charge in [-0.25, -0.2) is 0 Å². The number of nitrogens with one attached hydrogen (secondary N) is 2. The Morgan fingerprint density at radius 2 is 2.24 bits per heavy atom. The zero-order chi connectivity index (χ0) is 11.7. The number of rotatable bonds is 3. The minimum Gasteiger partial charge on any atom is -0.315 e. The van der Waals surface area contributed by atoms with E-state index < -0.39 is 0 Å². The molecule has 2 atom stereocenters. The van der Waals surface area contributed by atoms with Gasteiger partial charge in [0.1, 0.15) is 0 Å². The minimum absolute atomic E-state index is 0.234. The van der Waals surface area contributed by atoms with Crippen molar-refractivity contribution in [3.63, 3.8) is 0 Å². The predicted molar refractivity (Wildman–Crippen MR) is 69.3 cm³/mol. The molecule has 2 aliphatic heterocycles. The maximum Gasteiger partial charge on any atom is 0.0439 e. The van der Waals surface area contributed by atoms with Gasteiger partial charge in [0.05, 0.1) is 0 Å². The predicted octanol–water partition coefficient (Wildman–Crippen LogP) is 1.50. The van der Waals surface area contributed by atoms with Crippen LogP contribution in [0.15, 0.2) is 30.3 Å². The Kier molecular flexibility index (Phi) is 2.73. The van der Waals surface area contributed by atoms with Crippen LogP contribution in [0.4, 0.5) is 0 Å². The highest BCUT2D eigenvalue weighted by molar-refractivity contribution is 5.62. The van der Waals surface area contributed by atoms with Crippen molar-refractivity contribution in [2.75, 3.05) is 19.6 Å². The molecule has 2 aliphatic rings. The molecule has 0 aliphatic carbocycles. The normalized spacial score (nSPS) is 32.6. The molecule has 0 aromatic heterocycles. The lowest BCUT2D eigenvalue weighted by molar-refractivity contribution is -0.0399. The average Bonchev–Trinajstić information content (AvgIpc) is 2.87. The van der Waals surface area contributed by atoms with Gasteiger partial charge in [0.2, 0.25) is 0 Å². The Morgan fingerprint density at radius 1 is 1.41 bits per heavy atom. The largest absolute Gasteiger partial charge is 0.315 e. The minimum atomic E-state index is 0.234. The maximum atomic E-state index is 7.54. The van der Waals surface area contributed by atoms with E-state index in [0.29, 0.717) is 5.92 Å². The van der Waals surface area contributed by atoms with Crippen LogP contribution < -0.4 is 5.32 Å². The van der Waals surface area contributed by atoms with E-state index in [2.05, 4.69) is 40.5 Å². The van der Waals surface area contributed by atoms with Gasteiger partial charge in [-0.05, 0) is 18.5 Å². The molecule has 1 aromatic rings. The third-order valence-electron chi connectivity index (χ3n) is 4.32. The fraction of sp³-hybridized carbons (Fsp3) is 0.500. The number of likely N-dealkylation sites (tertiary alicyclic amines) is 1. The summed E-state index contributed by atoms with van der Waals surface area (Å²) >= 11 is 0. The summed E-state index contributed by atoms with van der Waals surface area (Å²) in [6, 6.07) is 10.6. The summed E-state index contributed by atoms with van der Waals surface area (Å²) in [6.45, 7) is 4.20. The van der Waals surface area contributed by atoms with Crippen LogP contribution in [0.2, 0.25) is 0 Å². The second kappa shape index (κ2) is 4.24. The van der Waals surface area contributed by atoms with Gasteiger partial charge in [-0.15, -0.1) is 0 Å². The summed E-state index contributed by atoms with van der Waals surface area (Å²) in [5.74, 6) is 0.446. The number of hydrogen-bond acceptors (Lipinski definition) is 3. The lowest BCUT2D eigenvalue weighted by Gasteiger charge is -2.55. The number of benzene rings is 1. The number of hydrogen-bond donors (Lipinski definition) is 2. The highest BCUT2D eigenvalue weighted by atomic mass is 15.3. The first-order valence-electron chi connectivity index (χ1n) is 6.35. The first kappa shape index (κ1) is 10.9. The molecule has 0 radical (unpaired) electrons. The van der Waals surface area contributed by atoms with Gasteiger partial charge in [-0.1, -0.05) is 30.3 Å². The van der Waals surface area contributed by atoms with Crippen molar-refractivity contribution in [1.29, 1.82) is 5.41 Å². The second-order valence-electron chi connectivity index (χ2n) is 5.17. The van der Waals surface area contributed by atoms with Crippen molar-refractivity contribution >= 4 is 6.21 Å². The fourth-order valence-corrected chi connectivity index (χ4v) is 3.23. The van der Waals surface area contributed by atoms with E-state index in [-0.39, 0.29) is 5.54 Å². The van der Waals surface area contributed by atoms with Gasteiger partial charge in [-0.2, -0.15) is 0 Å². The first-order valence-corrected chi connectivity index (χ1v) is 6.35. The zero-order valence-electron chi connectivity index (χ0n) is 10.0.